The Balaban J connectivity index is 4.04. The van der Waals surface area contributed by atoms with E-state index in [-0.39, 0.29) is 12.5 Å². The minimum atomic E-state index is -4.70. The van der Waals surface area contributed by atoms with Crippen molar-refractivity contribution in [2.45, 2.75) is 64.9 Å². The molecule has 0 rings (SSSR count). The van der Waals surface area contributed by atoms with Crippen LogP contribution >= 0.6 is 0 Å². The van der Waals surface area contributed by atoms with Gasteiger partial charge in [-0.3, -0.25) is 14.1 Å². The maximum Gasteiger partial charge on any atom is 0.328 e. The topological polar surface area (TPSA) is 97.7 Å². The van der Waals surface area contributed by atoms with Gasteiger partial charge in [0, 0.05) is 6.42 Å². The molecule has 0 radical (unpaired) electrons. The molecule has 1 unspecified atom stereocenters. The van der Waals surface area contributed by atoms with E-state index in [1.165, 1.54) is 0 Å². The van der Waals surface area contributed by atoms with Crippen LogP contribution in [-0.4, -0.2) is 30.2 Å². The highest BCUT2D eigenvalue weighted by Gasteiger charge is 2.20. The molecule has 0 aliphatic carbocycles. The van der Waals surface area contributed by atoms with Crippen LogP contribution in [0.5, 0.6) is 0 Å². The minimum Gasteiger partial charge on any atom is -0.462 e. The van der Waals surface area contributed by atoms with Gasteiger partial charge in [0.05, 0.1) is 6.42 Å². The number of hydrogen-bond donors (Lipinski definition) is 1. The first-order chi connectivity index (χ1) is 8.81. The van der Waals surface area contributed by atoms with Crippen molar-refractivity contribution in [2.75, 3.05) is 0 Å². The highest BCUT2D eigenvalue weighted by atomic mass is 32.2. The van der Waals surface area contributed by atoms with E-state index in [1.54, 1.807) is 0 Å². The summed E-state index contributed by atoms with van der Waals surface area (Å²) in [5, 5.41) is -1.36. The average molecular weight is 294 g/mol. The van der Waals surface area contributed by atoms with Crippen molar-refractivity contribution in [1.29, 1.82) is 0 Å². The molecule has 0 fully saturated rings. The molecule has 0 aliphatic rings. The van der Waals surface area contributed by atoms with Crippen molar-refractivity contribution >= 4 is 21.2 Å². The molecule has 0 amide bonds. The van der Waals surface area contributed by atoms with Crippen molar-refractivity contribution in [2.24, 2.45) is 0 Å². The normalized spacial score (nSPS) is 13.0. The van der Waals surface area contributed by atoms with E-state index in [0.29, 0.717) is 6.42 Å². The standard InChI is InChI=1S/C12H22O6S/c1-3-5-6-7-10(4-2)18-11(13)8-9-12(14)19(15,16)17/h10H,3-9H2,1-2H3,(H,15,16,17). The van der Waals surface area contributed by atoms with Crippen molar-refractivity contribution in [3.63, 3.8) is 0 Å². The van der Waals surface area contributed by atoms with Crippen molar-refractivity contribution in [3.05, 3.63) is 0 Å². The fraction of sp³-hybridized carbons (Fsp3) is 0.833. The Morgan fingerprint density at radius 3 is 2.26 bits per heavy atom. The minimum absolute atomic E-state index is 0.195. The summed E-state index contributed by atoms with van der Waals surface area (Å²) in [6.07, 6.45) is 3.48. The highest BCUT2D eigenvalue weighted by Crippen LogP contribution is 2.11. The number of carbonyl (C=O) groups excluding carboxylic acids is 2. The maximum absolute atomic E-state index is 11.4. The van der Waals surface area contributed by atoms with Crippen LogP contribution in [0.15, 0.2) is 0 Å². The largest absolute Gasteiger partial charge is 0.462 e. The average Bonchev–Trinajstić information content (AvgIpc) is 2.33. The van der Waals surface area contributed by atoms with Crippen LogP contribution < -0.4 is 0 Å². The molecule has 6 nitrogen and oxygen atoms in total. The van der Waals surface area contributed by atoms with E-state index in [9.17, 15) is 18.0 Å². The fourth-order valence-electron chi connectivity index (χ4n) is 1.55. The Hall–Kier alpha value is -0.950. The number of hydrogen-bond acceptors (Lipinski definition) is 5. The monoisotopic (exact) mass is 294 g/mol. The predicted molar refractivity (Wildman–Crippen MR) is 70.1 cm³/mol. The zero-order valence-corrected chi connectivity index (χ0v) is 12.2. The van der Waals surface area contributed by atoms with Gasteiger partial charge in [0.1, 0.15) is 6.10 Å². The van der Waals surface area contributed by atoms with Gasteiger partial charge in [-0.15, -0.1) is 0 Å². The van der Waals surface area contributed by atoms with E-state index in [2.05, 4.69) is 6.92 Å². The summed E-state index contributed by atoms with van der Waals surface area (Å²) in [5.41, 5.74) is 0. The third-order valence-electron chi connectivity index (χ3n) is 2.70. The smallest absolute Gasteiger partial charge is 0.328 e. The van der Waals surface area contributed by atoms with Crippen LogP contribution in [0.2, 0.25) is 0 Å². The van der Waals surface area contributed by atoms with Crippen molar-refractivity contribution in [3.8, 4) is 0 Å². The molecule has 7 heteroatoms. The van der Waals surface area contributed by atoms with Crippen LogP contribution in [0.1, 0.15) is 58.8 Å². The first kappa shape index (κ1) is 18.0. The van der Waals surface area contributed by atoms with E-state index in [0.717, 1.165) is 25.7 Å². The molecular formula is C12H22O6S. The summed E-state index contributed by atoms with van der Waals surface area (Å²) in [4.78, 5) is 22.3. The van der Waals surface area contributed by atoms with Gasteiger partial charge in [0.15, 0.2) is 0 Å². The first-order valence-corrected chi connectivity index (χ1v) is 7.95. The second kappa shape index (κ2) is 9.03. The van der Waals surface area contributed by atoms with Crippen LogP contribution in [0, 0.1) is 0 Å². The van der Waals surface area contributed by atoms with Crippen LogP contribution in [0.25, 0.3) is 0 Å². The Kier molecular flexibility index (Phi) is 8.58. The van der Waals surface area contributed by atoms with Crippen LogP contribution in [0.3, 0.4) is 0 Å². The molecule has 1 atom stereocenters. The number of ether oxygens (including phenoxy) is 1. The summed E-state index contributed by atoms with van der Waals surface area (Å²) >= 11 is 0. The van der Waals surface area contributed by atoms with Gasteiger partial charge in [-0.25, -0.2) is 0 Å². The van der Waals surface area contributed by atoms with Crippen LogP contribution in [-0.2, 0) is 24.4 Å². The molecule has 0 saturated heterocycles. The van der Waals surface area contributed by atoms with Gasteiger partial charge in [-0.2, -0.15) is 8.42 Å². The summed E-state index contributed by atoms with van der Waals surface area (Å²) in [6.45, 7) is 3.97. The molecule has 0 aromatic rings. The zero-order chi connectivity index (χ0) is 14.9. The van der Waals surface area contributed by atoms with Gasteiger partial charge in [0.2, 0.25) is 0 Å². The lowest BCUT2D eigenvalue weighted by Gasteiger charge is -2.15. The summed E-state index contributed by atoms with van der Waals surface area (Å²) in [6, 6.07) is 0. The number of rotatable bonds is 9. The molecule has 0 aromatic carbocycles. The highest BCUT2D eigenvalue weighted by molar-refractivity contribution is 8.01. The molecule has 112 valence electrons. The number of unbranched alkanes of at least 4 members (excludes halogenated alkanes) is 2. The van der Waals surface area contributed by atoms with E-state index < -0.39 is 27.6 Å². The van der Waals surface area contributed by atoms with E-state index in [1.807, 2.05) is 6.92 Å². The fourth-order valence-corrected chi connectivity index (χ4v) is 1.91. The van der Waals surface area contributed by atoms with Gasteiger partial charge < -0.3 is 4.74 Å². The maximum atomic E-state index is 11.4. The number of esters is 1. The third-order valence-corrected chi connectivity index (χ3v) is 3.48. The second-order valence-electron chi connectivity index (χ2n) is 4.36. The van der Waals surface area contributed by atoms with Crippen molar-refractivity contribution < 1.29 is 27.3 Å². The van der Waals surface area contributed by atoms with Gasteiger partial charge in [0.25, 0.3) is 5.12 Å². The van der Waals surface area contributed by atoms with Crippen molar-refractivity contribution in [1.82, 2.24) is 0 Å². The Morgan fingerprint density at radius 1 is 1.16 bits per heavy atom. The van der Waals surface area contributed by atoms with Gasteiger partial charge in [-0.05, 0) is 19.3 Å². The lowest BCUT2D eigenvalue weighted by molar-refractivity contribution is -0.150. The molecule has 0 heterocycles. The second-order valence-corrected chi connectivity index (χ2v) is 5.77. The molecule has 1 N–H and O–H groups in total. The van der Waals surface area contributed by atoms with E-state index in [4.69, 9.17) is 9.29 Å². The molecule has 0 saturated carbocycles. The summed E-state index contributed by atoms with van der Waals surface area (Å²) < 4.78 is 34.5. The molecule has 0 aromatic heterocycles. The predicted octanol–water partition coefficient (Wildman–Crippen LogP) is 2.08. The Bertz CT molecular complexity index is 387. The summed E-state index contributed by atoms with van der Waals surface area (Å²) in [7, 11) is -4.70. The molecular weight excluding hydrogens is 272 g/mol. The first-order valence-electron chi connectivity index (χ1n) is 6.51. The number of carbonyl (C=O) groups is 2. The van der Waals surface area contributed by atoms with Crippen LogP contribution in [0.4, 0.5) is 0 Å². The molecule has 0 bridgehead atoms. The van der Waals surface area contributed by atoms with Gasteiger partial charge in [-0.1, -0.05) is 26.7 Å². The zero-order valence-electron chi connectivity index (χ0n) is 11.4. The summed E-state index contributed by atoms with van der Waals surface area (Å²) in [5.74, 6) is -0.611. The Labute approximate surface area is 114 Å². The van der Waals surface area contributed by atoms with E-state index >= 15 is 0 Å². The molecule has 0 aliphatic heterocycles. The van der Waals surface area contributed by atoms with Gasteiger partial charge >= 0.3 is 16.1 Å². The quantitative estimate of drug-likeness (QED) is 0.397. The lowest BCUT2D eigenvalue weighted by Crippen LogP contribution is -2.20. The molecule has 19 heavy (non-hydrogen) atoms. The Morgan fingerprint density at radius 2 is 1.79 bits per heavy atom. The molecule has 0 spiro atoms. The lowest BCUT2D eigenvalue weighted by atomic mass is 10.1. The third kappa shape index (κ3) is 8.72. The SMILES string of the molecule is CCCCCC(CC)OC(=O)CCC(=O)S(=O)(=O)O.